The number of hydrogen-bond acceptors (Lipinski definition) is 5. The van der Waals surface area contributed by atoms with Crippen molar-refractivity contribution in [2.75, 3.05) is 13.2 Å². The van der Waals surface area contributed by atoms with E-state index < -0.39 is 24.4 Å². The molecule has 0 saturated carbocycles. The van der Waals surface area contributed by atoms with Crippen LogP contribution >= 0.6 is 0 Å². The zero-order chi connectivity index (χ0) is 10.9. The van der Waals surface area contributed by atoms with Gasteiger partial charge in [0.15, 0.2) is 0 Å². The van der Waals surface area contributed by atoms with Crippen molar-refractivity contribution in [3.63, 3.8) is 0 Å². The molecule has 1 rings (SSSR count). The molecule has 0 aromatic carbocycles. The van der Waals surface area contributed by atoms with Crippen molar-refractivity contribution in [3.05, 3.63) is 0 Å². The van der Waals surface area contributed by atoms with Gasteiger partial charge in [0.25, 0.3) is 0 Å². The van der Waals surface area contributed by atoms with E-state index in [2.05, 4.69) is 0 Å². The fourth-order valence-electron chi connectivity index (χ4n) is 1.92. The Hall–Kier alpha value is 6.68. The van der Waals surface area contributed by atoms with Gasteiger partial charge in [-0.25, -0.2) is 0 Å². The average molecular weight is 2040 g/mol. The van der Waals surface area contributed by atoms with Crippen molar-refractivity contribution < 1.29 is 231 Å². The van der Waals surface area contributed by atoms with Gasteiger partial charge in [0.1, 0.15) is 12.2 Å². The molecular formula is C9H19NO4W10. The molecule has 0 radical (unpaired) electrons. The summed E-state index contributed by atoms with van der Waals surface area (Å²) in [5, 5.41) is 37.6. The molecule has 1 heterocycles. The molecule has 4 atom stereocenters. The van der Waals surface area contributed by atoms with E-state index in [4.69, 9.17) is 5.11 Å². The summed E-state index contributed by atoms with van der Waals surface area (Å²) in [7, 11) is 0. The van der Waals surface area contributed by atoms with Crippen LogP contribution in [0.4, 0.5) is 0 Å². The van der Waals surface area contributed by atoms with E-state index in [1.54, 1.807) is 4.90 Å². The van der Waals surface area contributed by atoms with Crippen LogP contribution < -0.4 is 0 Å². The van der Waals surface area contributed by atoms with Gasteiger partial charge in [0.2, 0.25) is 0 Å². The second kappa shape index (κ2) is 34.3. The number of β-amino-alcohol motifs (C(OH)–C–C–N with tert-alkyl or cyclic N) is 1. The monoisotopic (exact) mass is 2040 g/mol. The molecule has 4 N–H and O–H groups in total. The fourth-order valence-corrected chi connectivity index (χ4v) is 1.92. The molecule has 0 aromatic rings. The topological polar surface area (TPSA) is 84.2 Å². The van der Waals surface area contributed by atoms with Crippen molar-refractivity contribution in [3.8, 4) is 0 Å². The van der Waals surface area contributed by atoms with Crippen LogP contribution in [0.3, 0.4) is 0 Å². The van der Waals surface area contributed by atoms with Crippen molar-refractivity contribution in [2.45, 2.75) is 44.2 Å². The van der Waals surface area contributed by atoms with Crippen LogP contribution in [-0.2, 0) is 211 Å². The first-order valence-corrected chi connectivity index (χ1v) is 4.89. The van der Waals surface area contributed by atoms with Crippen molar-refractivity contribution in [2.24, 2.45) is 0 Å². The Labute approximate surface area is 287 Å². The van der Waals surface area contributed by atoms with Crippen LogP contribution in [0.1, 0.15) is 13.8 Å². The summed E-state index contributed by atoms with van der Waals surface area (Å²) in [5.41, 5.74) is 0. The van der Waals surface area contributed by atoms with Gasteiger partial charge in [0, 0.05) is 223 Å². The quantitative estimate of drug-likeness (QED) is 0.261. The Balaban J connectivity index is -0.0000000245. The molecule has 0 aromatic heterocycles. The van der Waals surface area contributed by atoms with Crippen LogP contribution in [0.5, 0.6) is 0 Å². The van der Waals surface area contributed by atoms with Gasteiger partial charge in [-0.2, -0.15) is 0 Å². The summed E-state index contributed by atoms with van der Waals surface area (Å²) in [6.07, 6.45) is -3.21. The number of rotatable bonds is 2. The largest absolute Gasteiger partial charge is 0.395 e. The number of hydrogen-bond donors (Lipinski definition) is 4. The van der Waals surface area contributed by atoms with E-state index in [1.165, 1.54) is 0 Å². The van der Waals surface area contributed by atoms with Gasteiger partial charge < -0.3 is 20.4 Å². The Kier molecular flexibility index (Phi) is 90.3. The summed E-state index contributed by atoms with van der Waals surface area (Å²) < 4.78 is 0. The molecule has 0 amide bonds. The number of aliphatic hydroxyl groups is 4. The second-order valence-electron chi connectivity index (χ2n) is 4.09. The maximum Gasteiger partial charge on any atom is 0.109 e. The third kappa shape index (κ3) is 20.6. The van der Waals surface area contributed by atoms with Gasteiger partial charge in [-0.1, -0.05) is 0 Å². The summed E-state index contributed by atoms with van der Waals surface area (Å²) in [4.78, 5) is 1.79. The molecular weight excluding hydrogens is 2020 g/mol. The average Bonchev–Trinajstić information content (AvgIpc) is 2.13. The zero-order valence-electron chi connectivity index (χ0n) is 12.6. The van der Waals surface area contributed by atoms with Crippen LogP contribution in [0.25, 0.3) is 0 Å². The maximum absolute atomic E-state index is 9.62. The number of aliphatic hydroxyl groups excluding tert-OH is 4. The normalized spacial score (nSPS) is 23.6. The summed E-state index contributed by atoms with van der Waals surface area (Å²) >= 11 is 0. The van der Waals surface area contributed by atoms with Gasteiger partial charge >= 0.3 is 0 Å². The Morgan fingerprint density at radius 3 is 1.33 bits per heavy atom. The van der Waals surface area contributed by atoms with E-state index in [0.717, 1.165) is 0 Å². The van der Waals surface area contributed by atoms with Gasteiger partial charge in [0.05, 0.1) is 18.8 Å². The number of nitrogens with zero attached hydrogens (tertiary/aromatic N) is 1. The SMILES string of the molecule is CC(C)N1C[C@H](O)[C@@H](O)[C@H](O)[C@H]1CO.[W].[W].[W].[W].[W].[W].[W].[W].[W].[W]. The van der Waals surface area contributed by atoms with Gasteiger partial charge in [-0.05, 0) is 13.8 Å². The molecule has 0 spiro atoms. The number of piperidine rings is 1. The predicted octanol–water partition coefficient (Wildman–Crippen LogP) is -1.87. The van der Waals surface area contributed by atoms with E-state index >= 15 is 0 Å². The molecule has 5 nitrogen and oxygen atoms in total. The standard InChI is InChI=1S/C9H19NO4.10W/c1-5(2)10-3-7(12)9(14)8(13)6(10)4-11;;;;;;;;;;/h5-9,11-14H,3-4H2,1-2H3;;;;;;;;;;/t6-,7+,8-,9-;;;;;;;;;;/m1........../s1. The van der Waals surface area contributed by atoms with E-state index in [0.29, 0.717) is 0 Å². The summed E-state index contributed by atoms with van der Waals surface area (Å²) in [6, 6.07) is -0.377. The fraction of sp³-hybridized carbons (Fsp3) is 1.00. The maximum atomic E-state index is 9.62. The third-order valence-electron chi connectivity index (χ3n) is 2.81. The molecule has 1 saturated heterocycles. The minimum atomic E-state index is -1.16. The van der Waals surface area contributed by atoms with Gasteiger partial charge in [-0.15, -0.1) is 0 Å². The Bertz CT molecular complexity index is 211. The first-order valence-electron chi connectivity index (χ1n) is 4.89. The van der Waals surface area contributed by atoms with E-state index in [-0.39, 0.29) is 230 Å². The van der Waals surface area contributed by atoms with Gasteiger partial charge in [-0.3, -0.25) is 4.90 Å². The zero-order valence-corrected chi connectivity index (χ0v) is 42.0. The van der Waals surface area contributed by atoms with E-state index in [1.807, 2.05) is 13.8 Å². The molecule has 1 aliphatic rings. The van der Waals surface area contributed by atoms with Crippen LogP contribution in [-0.4, -0.2) is 68.9 Å². The van der Waals surface area contributed by atoms with Crippen LogP contribution in [0.15, 0.2) is 0 Å². The second-order valence-corrected chi connectivity index (χ2v) is 4.09. The predicted molar refractivity (Wildman–Crippen MR) is 50.7 cm³/mol. The smallest absolute Gasteiger partial charge is 0.109 e. The molecule has 0 aliphatic carbocycles. The molecule has 15 heteroatoms. The van der Waals surface area contributed by atoms with Crippen molar-refractivity contribution in [1.29, 1.82) is 0 Å². The van der Waals surface area contributed by atoms with Crippen molar-refractivity contribution in [1.82, 2.24) is 4.90 Å². The minimum Gasteiger partial charge on any atom is -0.395 e. The molecule has 1 fully saturated rings. The summed E-state index contributed by atoms with van der Waals surface area (Å²) in [6.45, 7) is 3.89. The van der Waals surface area contributed by atoms with Crippen LogP contribution in [0.2, 0.25) is 0 Å². The van der Waals surface area contributed by atoms with E-state index in [9.17, 15) is 15.3 Å². The molecule has 24 heavy (non-hydrogen) atoms. The molecule has 1 aliphatic heterocycles. The minimum absolute atomic E-state index is 0. The molecule has 144 valence electrons. The summed E-state index contributed by atoms with van der Waals surface area (Å²) in [5.74, 6) is 0. The number of likely N-dealkylation sites (tertiary alicyclic amines) is 1. The Morgan fingerprint density at radius 1 is 0.750 bits per heavy atom. The van der Waals surface area contributed by atoms with Crippen molar-refractivity contribution >= 4 is 0 Å². The molecule has 0 bridgehead atoms. The van der Waals surface area contributed by atoms with Crippen LogP contribution in [0, 0.1) is 0 Å². The molecule has 0 unspecified atom stereocenters. The first-order chi connectivity index (χ1) is 6.49. The first kappa shape index (κ1) is 63.2. The Morgan fingerprint density at radius 2 is 1.08 bits per heavy atom. The third-order valence-corrected chi connectivity index (χ3v) is 2.81.